The van der Waals surface area contributed by atoms with Crippen LogP contribution in [0.15, 0.2) is 23.1 Å². The highest BCUT2D eigenvalue weighted by atomic mass is 32.2. The van der Waals surface area contributed by atoms with Crippen LogP contribution in [0.5, 0.6) is 5.75 Å². The fraction of sp³-hybridized carbons (Fsp3) is 0.500. The Balaban J connectivity index is 3.15. The van der Waals surface area contributed by atoms with E-state index in [1.54, 1.807) is 30.9 Å². The molecular weight excluding hydrogens is 284 g/mol. The molecule has 19 heavy (non-hydrogen) atoms. The molecule has 5 nitrogen and oxygen atoms in total. The maximum absolute atomic E-state index is 12.5. The summed E-state index contributed by atoms with van der Waals surface area (Å²) in [5, 5.41) is 0. The lowest BCUT2D eigenvalue weighted by Crippen LogP contribution is -2.29. The fourth-order valence-corrected chi connectivity index (χ4v) is 3.41. The van der Waals surface area contributed by atoms with Gasteiger partial charge in [-0.3, -0.25) is 0 Å². The van der Waals surface area contributed by atoms with Crippen LogP contribution in [0.2, 0.25) is 0 Å². The van der Waals surface area contributed by atoms with Crippen LogP contribution in [0.4, 0.5) is 5.69 Å². The van der Waals surface area contributed by atoms with Crippen molar-refractivity contribution >= 4 is 27.5 Å². The summed E-state index contributed by atoms with van der Waals surface area (Å²) in [5.41, 5.74) is 6.08. The Morgan fingerprint density at radius 2 is 2.11 bits per heavy atom. The van der Waals surface area contributed by atoms with Gasteiger partial charge in [0.25, 0.3) is 0 Å². The molecule has 108 valence electrons. The van der Waals surface area contributed by atoms with E-state index in [4.69, 9.17) is 10.5 Å². The van der Waals surface area contributed by atoms with E-state index in [-0.39, 0.29) is 4.90 Å². The third-order valence-corrected chi connectivity index (χ3v) is 5.04. The molecule has 2 N–H and O–H groups in total. The van der Waals surface area contributed by atoms with Crippen molar-refractivity contribution in [1.82, 2.24) is 4.31 Å². The van der Waals surface area contributed by atoms with Gasteiger partial charge >= 0.3 is 0 Å². The summed E-state index contributed by atoms with van der Waals surface area (Å²) in [4.78, 5) is 0.123. The number of thioether (sulfide) groups is 1. The number of hydrogen-bond acceptors (Lipinski definition) is 5. The zero-order chi connectivity index (χ0) is 14.5. The molecule has 1 aromatic rings. The average Bonchev–Trinajstić information content (AvgIpc) is 2.38. The summed E-state index contributed by atoms with van der Waals surface area (Å²) in [6, 6.07) is 4.66. The van der Waals surface area contributed by atoms with Gasteiger partial charge in [0, 0.05) is 25.0 Å². The quantitative estimate of drug-likeness (QED) is 0.776. The third-order valence-electron chi connectivity index (χ3n) is 2.57. The predicted octanol–water partition coefficient (Wildman–Crippen LogP) is 1.65. The van der Waals surface area contributed by atoms with Gasteiger partial charge < -0.3 is 10.5 Å². The van der Waals surface area contributed by atoms with Gasteiger partial charge in [-0.1, -0.05) is 0 Å². The number of benzene rings is 1. The van der Waals surface area contributed by atoms with Crippen molar-refractivity contribution in [3.63, 3.8) is 0 Å². The summed E-state index contributed by atoms with van der Waals surface area (Å²) in [5.74, 6) is 1.08. The van der Waals surface area contributed by atoms with Crippen LogP contribution < -0.4 is 10.5 Å². The summed E-state index contributed by atoms with van der Waals surface area (Å²) in [7, 11) is -2.01. The summed E-state index contributed by atoms with van der Waals surface area (Å²) >= 11 is 1.60. The van der Waals surface area contributed by atoms with Crippen molar-refractivity contribution in [2.45, 2.75) is 11.8 Å². The van der Waals surface area contributed by atoms with Gasteiger partial charge in [-0.15, -0.1) is 0 Å². The summed E-state index contributed by atoms with van der Waals surface area (Å²) < 4.78 is 31.6. The van der Waals surface area contributed by atoms with Gasteiger partial charge in [0.2, 0.25) is 10.0 Å². The van der Waals surface area contributed by atoms with E-state index in [0.29, 0.717) is 24.6 Å². The van der Waals surface area contributed by atoms with E-state index >= 15 is 0 Å². The van der Waals surface area contributed by atoms with Crippen molar-refractivity contribution in [2.24, 2.45) is 0 Å². The molecule has 0 amide bonds. The van der Waals surface area contributed by atoms with Crippen LogP contribution >= 0.6 is 11.8 Å². The Morgan fingerprint density at radius 3 is 2.68 bits per heavy atom. The second kappa shape index (κ2) is 7.02. The third kappa shape index (κ3) is 4.02. The van der Waals surface area contributed by atoms with Gasteiger partial charge in [-0.05, 0) is 31.4 Å². The highest BCUT2D eigenvalue weighted by Gasteiger charge is 2.24. The van der Waals surface area contributed by atoms with Gasteiger partial charge in [0.05, 0.1) is 6.61 Å². The zero-order valence-electron chi connectivity index (χ0n) is 11.4. The molecule has 0 fully saturated rings. The number of sulfonamides is 1. The van der Waals surface area contributed by atoms with Crippen molar-refractivity contribution < 1.29 is 13.2 Å². The maximum atomic E-state index is 12.5. The van der Waals surface area contributed by atoms with Gasteiger partial charge in [-0.2, -0.15) is 16.1 Å². The van der Waals surface area contributed by atoms with Crippen LogP contribution in [0.1, 0.15) is 6.92 Å². The summed E-state index contributed by atoms with van der Waals surface area (Å²) in [6.45, 7) is 2.66. The molecule has 0 aromatic heterocycles. The number of nitrogens with two attached hydrogens (primary N) is 1. The van der Waals surface area contributed by atoms with Crippen molar-refractivity contribution in [3.05, 3.63) is 18.2 Å². The molecule has 1 aromatic carbocycles. The number of anilines is 1. The van der Waals surface area contributed by atoms with Crippen molar-refractivity contribution in [3.8, 4) is 5.75 Å². The number of nitrogen functional groups attached to an aromatic ring is 1. The Labute approximate surface area is 119 Å². The molecule has 0 spiro atoms. The molecule has 1 rings (SSSR count). The lowest BCUT2D eigenvalue weighted by molar-refractivity contribution is 0.330. The van der Waals surface area contributed by atoms with E-state index in [0.717, 1.165) is 5.75 Å². The first kappa shape index (κ1) is 16.1. The van der Waals surface area contributed by atoms with Crippen LogP contribution in [0.25, 0.3) is 0 Å². The minimum Gasteiger partial charge on any atom is -0.492 e. The van der Waals surface area contributed by atoms with E-state index < -0.39 is 10.0 Å². The van der Waals surface area contributed by atoms with Gasteiger partial charge in [0.1, 0.15) is 10.6 Å². The van der Waals surface area contributed by atoms with Crippen molar-refractivity contribution in [2.75, 3.05) is 37.9 Å². The predicted molar refractivity (Wildman–Crippen MR) is 80.2 cm³/mol. The Hall–Kier alpha value is -0.920. The minimum absolute atomic E-state index is 0.123. The number of ether oxygens (including phenoxy) is 1. The maximum Gasteiger partial charge on any atom is 0.246 e. The first-order valence-electron chi connectivity index (χ1n) is 5.91. The lowest BCUT2D eigenvalue weighted by atomic mass is 10.3. The average molecular weight is 304 g/mol. The van der Waals surface area contributed by atoms with Crippen molar-refractivity contribution in [1.29, 1.82) is 0 Å². The molecule has 0 aliphatic heterocycles. The van der Waals surface area contributed by atoms with Crippen LogP contribution in [0.3, 0.4) is 0 Å². The second-order valence-electron chi connectivity index (χ2n) is 3.96. The van der Waals surface area contributed by atoms with Gasteiger partial charge in [0.15, 0.2) is 0 Å². The Morgan fingerprint density at radius 1 is 1.42 bits per heavy atom. The molecular formula is C12H20N2O3S2. The lowest BCUT2D eigenvalue weighted by Gasteiger charge is -2.19. The SMILES string of the molecule is CCOc1ccc(N)cc1S(=O)(=O)N(C)CCSC. The first-order chi connectivity index (χ1) is 8.93. The molecule has 0 radical (unpaired) electrons. The highest BCUT2D eigenvalue weighted by molar-refractivity contribution is 7.98. The Kier molecular flexibility index (Phi) is 5.96. The first-order valence-corrected chi connectivity index (χ1v) is 8.74. The normalized spacial score (nSPS) is 11.8. The molecule has 0 unspecified atom stereocenters. The molecule has 0 bridgehead atoms. The highest BCUT2D eigenvalue weighted by Crippen LogP contribution is 2.28. The van der Waals surface area contributed by atoms with E-state index in [2.05, 4.69) is 0 Å². The largest absolute Gasteiger partial charge is 0.492 e. The summed E-state index contributed by atoms with van der Waals surface area (Å²) in [6.07, 6.45) is 1.94. The van der Waals surface area contributed by atoms with Gasteiger partial charge in [-0.25, -0.2) is 8.42 Å². The fourth-order valence-electron chi connectivity index (χ4n) is 1.51. The molecule has 0 aliphatic rings. The van der Waals surface area contributed by atoms with E-state index in [9.17, 15) is 8.42 Å². The number of nitrogens with zero attached hydrogens (tertiary/aromatic N) is 1. The standard InChI is InChI=1S/C12H20N2O3S2/c1-4-17-11-6-5-10(13)9-12(11)19(15,16)14(2)7-8-18-3/h5-6,9H,4,7-8,13H2,1-3H3. The Bertz CT molecular complexity index is 518. The van der Waals surface area contributed by atoms with E-state index in [1.807, 2.05) is 13.2 Å². The molecule has 0 saturated heterocycles. The minimum atomic E-state index is -3.57. The molecule has 7 heteroatoms. The van der Waals surface area contributed by atoms with Crippen LogP contribution in [-0.4, -0.2) is 44.9 Å². The topological polar surface area (TPSA) is 72.6 Å². The molecule has 0 heterocycles. The number of hydrogen-bond donors (Lipinski definition) is 1. The second-order valence-corrected chi connectivity index (χ2v) is 6.96. The monoisotopic (exact) mass is 304 g/mol. The molecule has 0 saturated carbocycles. The molecule has 0 atom stereocenters. The van der Waals surface area contributed by atoms with Crippen LogP contribution in [0, 0.1) is 0 Å². The molecule has 0 aliphatic carbocycles. The number of rotatable bonds is 7. The van der Waals surface area contributed by atoms with Crippen LogP contribution in [-0.2, 0) is 10.0 Å². The smallest absolute Gasteiger partial charge is 0.246 e. The van der Waals surface area contributed by atoms with E-state index in [1.165, 1.54) is 10.4 Å². The zero-order valence-corrected chi connectivity index (χ0v) is 13.1.